The van der Waals surface area contributed by atoms with E-state index in [-0.39, 0.29) is 18.9 Å². The molecule has 0 heterocycles. The number of nitrogens with one attached hydrogen (secondary N) is 1. The summed E-state index contributed by atoms with van der Waals surface area (Å²) in [7, 11) is 0. The fourth-order valence-electron chi connectivity index (χ4n) is 1.11. The summed E-state index contributed by atoms with van der Waals surface area (Å²) >= 11 is 4.50. The number of benzene rings is 1. The highest BCUT2D eigenvalue weighted by molar-refractivity contribution is 7.79. The normalized spacial score (nSPS) is 10.4. The summed E-state index contributed by atoms with van der Waals surface area (Å²) in [5.41, 5.74) is 5.84. The third-order valence-corrected chi connectivity index (χ3v) is 2.05. The molecule has 0 radical (unpaired) electrons. The molecule has 8 heteroatoms. The maximum absolute atomic E-state index is 11.7. The summed E-state index contributed by atoms with van der Waals surface area (Å²) in [5.74, 6) is -0.240. The number of aliphatic hydroxyl groups is 1. The Hall–Kier alpha value is -1.22. The maximum atomic E-state index is 11.7. The van der Waals surface area contributed by atoms with Gasteiger partial charge in [0, 0.05) is 19.6 Å². The number of alkyl halides is 3. The van der Waals surface area contributed by atoms with E-state index in [4.69, 9.17) is 10.8 Å². The number of hydrogen-bond acceptors (Lipinski definition) is 5. The van der Waals surface area contributed by atoms with Gasteiger partial charge in [-0.15, -0.1) is 13.2 Å². The van der Waals surface area contributed by atoms with Gasteiger partial charge >= 0.3 is 6.36 Å². The van der Waals surface area contributed by atoms with Gasteiger partial charge in [-0.1, -0.05) is 24.4 Å². The van der Waals surface area contributed by atoms with Gasteiger partial charge in [-0.05, 0) is 23.1 Å². The van der Waals surface area contributed by atoms with Crippen LogP contribution in [0.1, 0.15) is 5.56 Å². The van der Waals surface area contributed by atoms with Crippen molar-refractivity contribution in [2.24, 2.45) is 5.73 Å². The van der Waals surface area contributed by atoms with Crippen molar-refractivity contribution in [3.05, 3.63) is 29.8 Å². The predicted molar refractivity (Wildman–Crippen MR) is 74.6 cm³/mol. The van der Waals surface area contributed by atoms with Crippen molar-refractivity contribution in [2.75, 3.05) is 19.7 Å². The van der Waals surface area contributed by atoms with Gasteiger partial charge in [0.05, 0.1) is 6.61 Å². The first kappa shape index (κ1) is 18.8. The Morgan fingerprint density at radius 2 is 2.10 bits per heavy atom. The Morgan fingerprint density at radius 1 is 1.40 bits per heavy atom. The van der Waals surface area contributed by atoms with E-state index in [9.17, 15) is 13.2 Å². The minimum Gasteiger partial charge on any atom is -0.406 e. The second-order valence-electron chi connectivity index (χ2n) is 3.49. The first-order valence-corrected chi connectivity index (χ1v) is 6.20. The summed E-state index contributed by atoms with van der Waals surface area (Å²) in [6.45, 7) is 1.71. The number of thiocarbonyl (C=S) groups is 1. The van der Waals surface area contributed by atoms with Crippen LogP contribution >= 0.6 is 12.2 Å². The molecule has 0 aliphatic rings. The van der Waals surface area contributed by atoms with E-state index in [0.29, 0.717) is 18.7 Å². The van der Waals surface area contributed by atoms with Crippen molar-refractivity contribution in [3.63, 3.8) is 0 Å². The van der Waals surface area contributed by atoms with Gasteiger partial charge in [-0.2, -0.15) is 0 Å². The van der Waals surface area contributed by atoms with E-state index in [1.165, 1.54) is 18.2 Å². The van der Waals surface area contributed by atoms with Gasteiger partial charge in [0.1, 0.15) is 5.75 Å². The highest BCUT2D eigenvalue weighted by Gasteiger charge is 2.30. The fourth-order valence-corrected chi connectivity index (χ4v) is 1.23. The molecule has 0 aliphatic carbocycles. The standard InChI is InChI=1S/C8H8F3NO.C4H9NOS/c9-8(10,11)13-7-3-1-2-6(4-7)5-12;6-3-1-5-2-4-7/h1-4H,5,12H2;4-6H,1-3H2. The van der Waals surface area contributed by atoms with Gasteiger partial charge in [-0.25, -0.2) is 0 Å². The smallest absolute Gasteiger partial charge is 0.406 e. The molecular weight excluding hydrogens is 293 g/mol. The second-order valence-corrected chi connectivity index (χ2v) is 3.83. The van der Waals surface area contributed by atoms with Crippen LogP contribution in [-0.4, -0.2) is 36.5 Å². The molecule has 4 N–H and O–H groups in total. The van der Waals surface area contributed by atoms with Crippen molar-refractivity contribution < 1.29 is 23.0 Å². The zero-order valence-corrected chi connectivity index (χ0v) is 11.5. The highest BCUT2D eigenvalue weighted by atomic mass is 32.1. The Bertz CT molecular complexity index is 389. The molecule has 0 spiro atoms. The Kier molecular flexibility index (Phi) is 9.91. The first-order valence-electron chi connectivity index (χ1n) is 5.73. The first-order chi connectivity index (χ1) is 9.42. The van der Waals surface area contributed by atoms with E-state index in [1.807, 2.05) is 0 Å². The van der Waals surface area contributed by atoms with E-state index < -0.39 is 6.36 Å². The summed E-state index contributed by atoms with van der Waals surface area (Å²) in [5, 5.41) is 12.7. The molecule has 0 fully saturated rings. The highest BCUT2D eigenvalue weighted by Crippen LogP contribution is 2.22. The van der Waals surface area contributed by atoms with Crippen LogP contribution in [0.25, 0.3) is 0 Å². The number of nitrogens with two attached hydrogens (primary N) is 1. The SMILES string of the molecule is NCc1cccc(OC(F)(F)F)c1.OCCNCC=S. The molecule has 20 heavy (non-hydrogen) atoms. The van der Waals surface area contributed by atoms with Crippen LogP contribution in [0.2, 0.25) is 0 Å². The molecule has 0 atom stereocenters. The van der Waals surface area contributed by atoms with Crippen molar-refractivity contribution >= 4 is 17.6 Å². The van der Waals surface area contributed by atoms with E-state index in [2.05, 4.69) is 22.3 Å². The van der Waals surface area contributed by atoms with E-state index in [0.717, 1.165) is 0 Å². The van der Waals surface area contributed by atoms with Crippen LogP contribution < -0.4 is 15.8 Å². The molecule has 0 aromatic heterocycles. The number of ether oxygens (including phenoxy) is 1. The average Bonchev–Trinajstić information content (AvgIpc) is 2.38. The number of aliphatic hydroxyl groups excluding tert-OH is 1. The molecule has 0 bridgehead atoms. The molecule has 1 aromatic carbocycles. The summed E-state index contributed by atoms with van der Waals surface area (Å²) in [6.07, 6.45) is -4.65. The summed E-state index contributed by atoms with van der Waals surface area (Å²) in [4.78, 5) is 0. The molecule has 0 saturated heterocycles. The Morgan fingerprint density at radius 3 is 2.60 bits per heavy atom. The topological polar surface area (TPSA) is 67.5 Å². The van der Waals surface area contributed by atoms with Crippen LogP contribution in [0, 0.1) is 0 Å². The van der Waals surface area contributed by atoms with Crippen LogP contribution in [-0.2, 0) is 6.54 Å². The molecular formula is C12H17F3N2O2S. The molecule has 1 aromatic rings. The molecule has 0 unspecified atom stereocenters. The molecule has 1 rings (SSSR count). The quantitative estimate of drug-likeness (QED) is 0.550. The second kappa shape index (κ2) is 10.6. The zero-order chi connectivity index (χ0) is 15.4. The molecule has 0 aliphatic heterocycles. The summed E-state index contributed by atoms with van der Waals surface area (Å²) < 4.78 is 38.9. The van der Waals surface area contributed by atoms with E-state index >= 15 is 0 Å². The third kappa shape index (κ3) is 10.7. The van der Waals surface area contributed by atoms with Crippen molar-refractivity contribution in [3.8, 4) is 5.75 Å². The van der Waals surface area contributed by atoms with Crippen LogP contribution in [0.5, 0.6) is 5.75 Å². The van der Waals surface area contributed by atoms with Gasteiger partial charge in [0.15, 0.2) is 0 Å². The lowest BCUT2D eigenvalue weighted by atomic mass is 10.2. The molecule has 4 nitrogen and oxygen atoms in total. The lowest BCUT2D eigenvalue weighted by Gasteiger charge is -2.09. The van der Waals surface area contributed by atoms with Gasteiger partial charge < -0.3 is 20.9 Å². The van der Waals surface area contributed by atoms with Crippen LogP contribution in [0.4, 0.5) is 13.2 Å². The van der Waals surface area contributed by atoms with Gasteiger partial charge in [-0.3, -0.25) is 0 Å². The Balaban J connectivity index is 0.000000441. The zero-order valence-electron chi connectivity index (χ0n) is 10.7. The fraction of sp³-hybridized carbons (Fsp3) is 0.417. The lowest BCUT2D eigenvalue weighted by molar-refractivity contribution is -0.274. The minimum atomic E-state index is -4.65. The number of rotatable bonds is 6. The Labute approximate surface area is 120 Å². The number of hydrogen-bond donors (Lipinski definition) is 3. The molecule has 0 saturated carbocycles. The van der Waals surface area contributed by atoms with Crippen LogP contribution in [0.3, 0.4) is 0 Å². The number of halogens is 3. The minimum absolute atomic E-state index is 0.184. The monoisotopic (exact) mass is 310 g/mol. The molecule has 114 valence electrons. The van der Waals surface area contributed by atoms with Crippen molar-refractivity contribution in [1.82, 2.24) is 5.32 Å². The van der Waals surface area contributed by atoms with E-state index in [1.54, 1.807) is 11.4 Å². The summed E-state index contributed by atoms with van der Waals surface area (Å²) in [6, 6.07) is 5.58. The average molecular weight is 310 g/mol. The van der Waals surface area contributed by atoms with Gasteiger partial charge in [0.2, 0.25) is 0 Å². The predicted octanol–water partition coefficient (Wildman–Crippen LogP) is 1.61. The lowest BCUT2D eigenvalue weighted by Crippen LogP contribution is -2.19. The van der Waals surface area contributed by atoms with Crippen molar-refractivity contribution in [1.29, 1.82) is 0 Å². The van der Waals surface area contributed by atoms with Crippen molar-refractivity contribution in [2.45, 2.75) is 12.9 Å². The van der Waals surface area contributed by atoms with Gasteiger partial charge in [0.25, 0.3) is 0 Å². The maximum Gasteiger partial charge on any atom is 0.573 e. The largest absolute Gasteiger partial charge is 0.573 e. The molecule has 0 amide bonds. The van der Waals surface area contributed by atoms with Crippen LogP contribution in [0.15, 0.2) is 24.3 Å². The third-order valence-electron chi connectivity index (χ3n) is 1.88.